The maximum absolute atomic E-state index is 12.6. The minimum atomic E-state index is -0.491. The van der Waals surface area contributed by atoms with E-state index in [-0.39, 0.29) is 19.0 Å². The van der Waals surface area contributed by atoms with Gasteiger partial charge in [0.2, 0.25) is 0 Å². The molecule has 8 nitrogen and oxygen atoms in total. The van der Waals surface area contributed by atoms with E-state index < -0.39 is 5.91 Å². The van der Waals surface area contributed by atoms with Crippen molar-refractivity contribution in [2.45, 2.75) is 27.1 Å². The fraction of sp³-hybridized carbons (Fsp3) is 0.152. The molecule has 0 aliphatic carbocycles. The summed E-state index contributed by atoms with van der Waals surface area (Å²) in [7, 11) is 1.55. The molecule has 0 unspecified atom stereocenters. The summed E-state index contributed by atoms with van der Waals surface area (Å²) in [6.45, 7) is 4.59. The highest BCUT2D eigenvalue weighted by atomic mass is 79.9. The van der Waals surface area contributed by atoms with E-state index in [1.807, 2.05) is 48.5 Å². The second-order valence-corrected chi connectivity index (χ2v) is 10.9. The number of nitrogens with zero attached hydrogens (tertiary/aromatic N) is 2. The third-order valence-corrected chi connectivity index (χ3v) is 7.55. The summed E-state index contributed by atoms with van der Waals surface area (Å²) in [5, 5.41) is 4.68. The Balaban J connectivity index is 1.15. The zero-order valence-electron chi connectivity index (χ0n) is 23.8. The number of carbonyl (C=O) groups is 1. The first kappa shape index (κ1) is 30.0. The number of ether oxygens (including phenoxy) is 3. The van der Waals surface area contributed by atoms with Crippen LogP contribution >= 0.6 is 27.5 Å². The molecule has 1 amide bonds. The van der Waals surface area contributed by atoms with Gasteiger partial charge in [-0.15, -0.1) is 0 Å². The minimum Gasteiger partial charge on any atom is -0.493 e. The summed E-state index contributed by atoms with van der Waals surface area (Å²) in [6, 6.07) is 26.3. The molecule has 0 atom stereocenters. The Kier molecular flexibility index (Phi) is 9.54. The third kappa shape index (κ3) is 7.31. The summed E-state index contributed by atoms with van der Waals surface area (Å²) < 4.78 is 25.8. The van der Waals surface area contributed by atoms with Crippen LogP contribution in [-0.4, -0.2) is 23.8 Å². The molecule has 0 aliphatic heterocycles. The van der Waals surface area contributed by atoms with E-state index >= 15 is 0 Å². The maximum atomic E-state index is 12.6. The van der Waals surface area contributed by atoms with Gasteiger partial charge in [0.05, 0.1) is 17.8 Å². The van der Waals surface area contributed by atoms with Gasteiger partial charge in [-0.1, -0.05) is 29.8 Å². The fourth-order valence-electron chi connectivity index (χ4n) is 4.44. The highest BCUT2D eigenvalue weighted by molar-refractivity contribution is 9.10. The first-order chi connectivity index (χ1) is 20.8. The molecule has 1 N–H and O–H groups in total. The van der Waals surface area contributed by atoms with E-state index in [1.54, 1.807) is 31.4 Å². The molecule has 2 heterocycles. The molecule has 43 heavy (non-hydrogen) atoms. The molecular weight excluding hydrogens is 634 g/mol. The Morgan fingerprint density at radius 1 is 0.977 bits per heavy atom. The summed E-state index contributed by atoms with van der Waals surface area (Å²) in [5.41, 5.74) is 7.40. The number of carbonyl (C=O) groups excluding carboxylic acids is 1. The molecule has 0 fully saturated rings. The number of aryl methyl sites for hydroxylation is 2. The van der Waals surface area contributed by atoms with Crippen LogP contribution in [0.1, 0.15) is 38.8 Å². The molecule has 0 spiro atoms. The average Bonchev–Trinajstić information content (AvgIpc) is 3.62. The Bertz CT molecular complexity index is 1740. The Morgan fingerprint density at radius 3 is 2.44 bits per heavy atom. The lowest BCUT2D eigenvalue weighted by molar-refractivity contribution is 0.0923. The summed E-state index contributed by atoms with van der Waals surface area (Å²) in [6.07, 6.45) is 1.50. The molecule has 5 rings (SSSR count). The Morgan fingerprint density at radius 2 is 1.72 bits per heavy atom. The van der Waals surface area contributed by atoms with Crippen molar-refractivity contribution >= 4 is 39.7 Å². The van der Waals surface area contributed by atoms with Crippen molar-refractivity contribution in [2.75, 3.05) is 7.11 Å². The normalized spacial score (nSPS) is 11.1. The number of nitrogens with one attached hydrogen (secondary N) is 1. The largest absolute Gasteiger partial charge is 0.493 e. The van der Waals surface area contributed by atoms with Crippen LogP contribution in [0.3, 0.4) is 0 Å². The highest BCUT2D eigenvalue weighted by Gasteiger charge is 2.14. The van der Waals surface area contributed by atoms with E-state index in [0.29, 0.717) is 38.1 Å². The number of hydrazone groups is 1. The number of benzene rings is 3. The Hall–Kier alpha value is -4.47. The standard InChI is InChI=1S/C33H29BrClN3O5/c1-21-8-9-22(2)38(21)25-10-12-26(13-11-25)41-20-27-14-15-30(43-27)33(39)37-36-18-23-16-28(34)32(31(17-23)40-3)42-19-24-6-4-5-7-29(24)35/h4-18H,19-20H2,1-3H3,(H,37,39)/b36-18+. The van der Waals surface area contributed by atoms with Crippen LogP contribution in [0.15, 0.2) is 98.9 Å². The molecule has 10 heteroatoms. The van der Waals surface area contributed by atoms with Crippen molar-refractivity contribution in [1.82, 2.24) is 9.99 Å². The van der Waals surface area contributed by atoms with Crippen molar-refractivity contribution < 1.29 is 23.4 Å². The van der Waals surface area contributed by atoms with Crippen molar-refractivity contribution in [3.8, 4) is 22.9 Å². The van der Waals surface area contributed by atoms with Crippen LogP contribution in [0.4, 0.5) is 0 Å². The second-order valence-electron chi connectivity index (χ2n) is 9.61. The number of furan rings is 1. The molecule has 220 valence electrons. The minimum absolute atomic E-state index is 0.117. The van der Waals surface area contributed by atoms with E-state index in [0.717, 1.165) is 22.6 Å². The van der Waals surface area contributed by atoms with Gasteiger partial charge in [0.15, 0.2) is 17.3 Å². The topological polar surface area (TPSA) is 87.2 Å². The fourth-order valence-corrected chi connectivity index (χ4v) is 5.20. The molecule has 0 aliphatic rings. The molecule has 0 bridgehead atoms. The number of hydrogen-bond donors (Lipinski definition) is 1. The van der Waals surface area contributed by atoms with Gasteiger partial charge in [-0.05, 0) is 102 Å². The van der Waals surface area contributed by atoms with Crippen molar-refractivity contribution in [1.29, 1.82) is 0 Å². The van der Waals surface area contributed by atoms with Crippen LogP contribution in [0.5, 0.6) is 17.2 Å². The monoisotopic (exact) mass is 661 g/mol. The van der Waals surface area contributed by atoms with Crippen LogP contribution in [-0.2, 0) is 13.2 Å². The molecule has 0 radical (unpaired) electrons. The molecule has 3 aromatic carbocycles. The number of rotatable bonds is 11. The van der Waals surface area contributed by atoms with Gasteiger partial charge < -0.3 is 23.2 Å². The number of halogens is 2. The molecule has 5 aromatic rings. The van der Waals surface area contributed by atoms with Gasteiger partial charge in [-0.2, -0.15) is 5.10 Å². The van der Waals surface area contributed by atoms with E-state index in [9.17, 15) is 4.79 Å². The first-order valence-electron chi connectivity index (χ1n) is 13.4. The van der Waals surface area contributed by atoms with E-state index in [4.69, 9.17) is 30.2 Å². The molecular formula is C33H29BrClN3O5. The quantitative estimate of drug-likeness (QED) is 0.114. The Labute approximate surface area is 263 Å². The van der Waals surface area contributed by atoms with Crippen LogP contribution in [0.25, 0.3) is 5.69 Å². The van der Waals surface area contributed by atoms with E-state index in [2.05, 4.69) is 57.0 Å². The molecule has 0 saturated heterocycles. The first-order valence-corrected chi connectivity index (χ1v) is 14.5. The maximum Gasteiger partial charge on any atom is 0.307 e. The van der Waals surface area contributed by atoms with Gasteiger partial charge >= 0.3 is 5.91 Å². The van der Waals surface area contributed by atoms with Crippen molar-refractivity contribution in [3.05, 3.63) is 128 Å². The van der Waals surface area contributed by atoms with Gasteiger partial charge in [-0.25, -0.2) is 5.43 Å². The SMILES string of the molecule is COc1cc(/C=N/NC(=O)c2ccc(COc3ccc(-n4c(C)ccc4C)cc3)o2)cc(Br)c1OCc1ccccc1Cl. The number of hydrogen-bond acceptors (Lipinski definition) is 6. The average molecular weight is 663 g/mol. The highest BCUT2D eigenvalue weighted by Crippen LogP contribution is 2.37. The smallest absolute Gasteiger partial charge is 0.307 e. The van der Waals surface area contributed by atoms with Crippen LogP contribution in [0, 0.1) is 13.8 Å². The lowest BCUT2D eigenvalue weighted by atomic mass is 10.2. The van der Waals surface area contributed by atoms with Crippen LogP contribution < -0.4 is 19.6 Å². The summed E-state index contributed by atoms with van der Waals surface area (Å²) in [4.78, 5) is 12.6. The zero-order valence-corrected chi connectivity index (χ0v) is 26.1. The van der Waals surface area contributed by atoms with Crippen molar-refractivity contribution in [2.24, 2.45) is 5.10 Å². The van der Waals surface area contributed by atoms with Gasteiger partial charge in [-0.3, -0.25) is 4.79 Å². The second kappa shape index (κ2) is 13.7. The van der Waals surface area contributed by atoms with Gasteiger partial charge in [0.1, 0.15) is 24.7 Å². The number of methoxy groups -OCH3 is 1. The van der Waals surface area contributed by atoms with Gasteiger partial charge in [0.25, 0.3) is 0 Å². The molecule has 2 aromatic heterocycles. The van der Waals surface area contributed by atoms with Crippen LogP contribution in [0.2, 0.25) is 5.02 Å². The summed E-state index contributed by atoms with van der Waals surface area (Å²) in [5.74, 6) is 1.85. The molecule has 0 saturated carbocycles. The lowest BCUT2D eigenvalue weighted by Crippen LogP contribution is -2.16. The number of aromatic nitrogens is 1. The predicted octanol–water partition coefficient (Wildman–Crippen LogP) is 8.03. The van der Waals surface area contributed by atoms with E-state index in [1.165, 1.54) is 6.21 Å². The lowest BCUT2D eigenvalue weighted by Gasteiger charge is -2.14. The zero-order chi connectivity index (χ0) is 30.3. The summed E-state index contributed by atoms with van der Waals surface area (Å²) >= 11 is 9.76. The third-order valence-electron chi connectivity index (χ3n) is 6.59. The van der Waals surface area contributed by atoms with Crippen molar-refractivity contribution in [3.63, 3.8) is 0 Å². The number of amides is 1. The van der Waals surface area contributed by atoms with Gasteiger partial charge in [0, 0.05) is 27.7 Å². The predicted molar refractivity (Wildman–Crippen MR) is 170 cm³/mol.